The Balaban J connectivity index is 1.64. The first-order valence-corrected chi connectivity index (χ1v) is 9.51. The number of anilines is 1. The first-order valence-electron chi connectivity index (χ1n) is 6.84. The molecule has 1 aromatic carbocycles. The molecule has 1 aliphatic rings. The van der Waals surface area contributed by atoms with Gasteiger partial charge in [-0.05, 0) is 30.3 Å². The van der Waals surface area contributed by atoms with Gasteiger partial charge in [0.1, 0.15) is 16.1 Å². The summed E-state index contributed by atoms with van der Waals surface area (Å²) in [4.78, 5) is 13.1. The summed E-state index contributed by atoms with van der Waals surface area (Å²) in [6.45, 7) is 0.0331. The second kappa shape index (κ2) is 6.67. The third kappa shape index (κ3) is 3.69. The van der Waals surface area contributed by atoms with Crippen LogP contribution >= 0.6 is 22.9 Å². The maximum atomic E-state index is 13.3. The Morgan fingerprint density at radius 1 is 1.38 bits per heavy atom. The van der Waals surface area contributed by atoms with E-state index in [0.717, 1.165) is 11.3 Å². The quantitative estimate of drug-likeness (QED) is 0.851. The summed E-state index contributed by atoms with van der Waals surface area (Å²) in [7, 11) is -3.72. The minimum Gasteiger partial charge on any atom is -0.443 e. The Bertz CT molecular complexity index is 871. The Morgan fingerprint density at radius 3 is 2.83 bits per heavy atom. The lowest BCUT2D eigenvalue weighted by Gasteiger charge is -2.13. The monoisotopic (exact) mass is 390 g/mol. The van der Waals surface area contributed by atoms with Gasteiger partial charge in [0.15, 0.2) is 0 Å². The van der Waals surface area contributed by atoms with Crippen molar-refractivity contribution >= 4 is 44.7 Å². The van der Waals surface area contributed by atoms with Gasteiger partial charge in [0, 0.05) is 6.54 Å². The maximum Gasteiger partial charge on any atom is 0.414 e. The molecule has 2 aromatic rings. The van der Waals surface area contributed by atoms with Crippen LogP contribution in [0.4, 0.5) is 14.9 Å². The number of halogens is 2. The van der Waals surface area contributed by atoms with Crippen LogP contribution in [0.5, 0.6) is 0 Å². The number of hydrogen-bond donors (Lipinski definition) is 1. The van der Waals surface area contributed by atoms with E-state index in [-0.39, 0.29) is 17.3 Å². The van der Waals surface area contributed by atoms with Crippen molar-refractivity contribution in [1.29, 1.82) is 0 Å². The SMILES string of the molecule is O=C1OC(CNS(=O)(=O)c2ccc(Cl)s2)CN1c1cccc(F)c1. The molecule has 1 saturated heterocycles. The zero-order valence-electron chi connectivity index (χ0n) is 12.1. The molecule has 0 spiro atoms. The molecule has 6 nitrogen and oxygen atoms in total. The number of nitrogens with zero attached hydrogens (tertiary/aromatic N) is 1. The van der Waals surface area contributed by atoms with E-state index in [0.29, 0.717) is 10.0 Å². The van der Waals surface area contributed by atoms with Crippen molar-refractivity contribution in [1.82, 2.24) is 4.72 Å². The predicted molar refractivity (Wildman–Crippen MR) is 88.5 cm³/mol. The second-order valence-corrected chi connectivity index (χ2v) is 8.72. The maximum absolute atomic E-state index is 13.3. The van der Waals surface area contributed by atoms with Gasteiger partial charge >= 0.3 is 6.09 Å². The van der Waals surface area contributed by atoms with Crippen molar-refractivity contribution in [2.45, 2.75) is 10.3 Å². The van der Waals surface area contributed by atoms with Gasteiger partial charge in [-0.25, -0.2) is 22.3 Å². The molecule has 0 bridgehead atoms. The fraction of sp³-hybridized carbons (Fsp3) is 0.214. The van der Waals surface area contributed by atoms with Gasteiger partial charge in [-0.3, -0.25) is 4.90 Å². The Morgan fingerprint density at radius 2 is 2.17 bits per heavy atom. The van der Waals surface area contributed by atoms with Gasteiger partial charge in [0.25, 0.3) is 0 Å². The average Bonchev–Trinajstić information content (AvgIpc) is 3.12. The highest BCUT2D eigenvalue weighted by molar-refractivity contribution is 7.91. The van der Waals surface area contributed by atoms with E-state index < -0.39 is 28.0 Å². The van der Waals surface area contributed by atoms with Gasteiger partial charge in [-0.2, -0.15) is 0 Å². The van der Waals surface area contributed by atoms with Crippen LogP contribution in [0, 0.1) is 5.82 Å². The highest BCUT2D eigenvalue weighted by atomic mass is 35.5. The standard InChI is InChI=1S/C14H12ClFN2O4S2/c15-12-4-5-13(23-12)24(20,21)17-7-11-8-18(14(19)22-11)10-3-1-2-9(16)6-10/h1-6,11,17H,7-8H2. The molecule has 1 amide bonds. The Hall–Kier alpha value is -1.68. The third-order valence-electron chi connectivity index (χ3n) is 3.31. The normalized spacial score (nSPS) is 18.0. The number of nitrogens with one attached hydrogen (secondary N) is 1. The fourth-order valence-corrected chi connectivity index (χ4v) is 4.79. The first kappa shape index (κ1) is 17.2. The van der Waals surface area contributed by atoms with E-state index in [1.807, 2.05) is 0 Å². The van der Waals surface area contributed by atoms with E-state index in [9.17, 15) is 17.6 Å². The summed E-state index contributed by atoms with van der Waals surface area (Å²) >= 11 is 6.66. The summed E-state index contributed by atoms with van der Waals surface area (Å²) in [6, 6.07) is 8.42. The molecule has 0 saturated carbocycles. The van der Waals surface area contributed by atoms with Gasteiger partial charge < -0.3 is 4.74 Å². The highest BCUT2D eigenvalue weighted by Gasteiger charge is 2.33. The number of cyclic esters (lactones) is 1. The molecule has 1 aromatic heterocycles. The lowest BCUT2D eigenvalue weighted by Crippen LogP contribution is -2.34. The molecule has 128 valence electrons. The number of benzene rings is 1. The van der Waals surface area contributed by atoms with Crippen LogP contribution in [-0.2, 0) is 14.8 Å². The van der Waals surface area contributed by atoms with Gasteiger partial charge in [-0.15, -0.1) is 11.3 Å². The van der Waals surface area contributed by atoms with E-state index in [1.165, 1.54) is 35.2 Å². The van der Waals surface area contributed by atoms with E-state index in [1.54, 1.807) is 6.07 Å². The number of amides is 1. The molecule has 3 rings (SSSR count). The van der Waals surface area contributed by atoms with Crippen molar-refractivity contribution in [3.8, 4) is 0 Å². The molecule has 1 atom stereocenters. The Labute approximate surface area is 146 Å². The van der Waals surface area contributed by atoms with Crippen LogP contribution in [0.2, 0.25) is 4.34 Å². The molecule has 1 fully saturated rings. The molecule has 0 radical (unpaired) electrons. The van der Waals surface area contributed by atoms with Crippen molar-refractivity contribution in [2.75, 3.05) is 18.0 Å². The number of hydrogen-bond acceptors (Lipinski definition) is 5. The fourth-order valence-electron chi connectivity index (χ4n) is 2.20. The molecular formula is C14H12ClFN2O4S2. The predicted octanol–water partition coefficient (Wildman–Crippen LogP) is 2.84. The summed E-state index contributed by atoms with van der Waals surface area (Å²) in [5.74, 6) is -0.473. The van der Waals surface area contributed by atoms with E-state index >= 15 is 0 Å². The smallest absolute Gasteiger partial charge is 0.414 e. The van der Waals surface area contributed by atoms with Crippen LogP contribution in [0.15, 0.2) is 40.6 Å². The van der Waals surface area contributed by atoms with Crippen LogP contribution in [0.3, 0.4) is 0 Å². The molecule has 0 aliphatic carbocycles. The minimum atomic E-state index is -3.72. The average molecular weight is 391 g/mol. The van der Waals surface area contributed by atoms with Gasteiger partial charge in [0.05, 0.1) is 16.6 Å². The van der Waals surface area contributed by atoms with Crippen LogP contribution in [0.25, 0.3) is 0 Å². The summed E-state index contributed by atoms with van der Waals surface area (Å²) in [5, 5.41) is 0. The topological polar surface area (TPSA) is 75.7 Å². The summed E-state index contributed by atoms with van der Waals surface area (Å²) in [5.41, 5.74) is 0.357. The van der Waals surface area contributed by atoms with Crippen LogP contribution < -0.4 is 9.62 Å². The molecule has 2 heterocycles. The lowest BCUT2D eigenvalue weighted by molar-refractivity contribution is 0.143. The summed E-state index contributed by atoms with van der Waals surface area (Å²) < 4.78 is 45.4. The third-order valence-corrected chi connectivity index (χ3v) is 6.45. The largest absolute Gasteiger partial charge is 0.443 e. The Kier molecular flexibility index (Phi) is 4.77. The highest BCUT2D eigenvalue weighted by Crippen LogP contribution is 2.26. The zero-order valence-corrected chi connectivity index (χ0v) is 14.5. The number of carbonyl (C=O) groups is 1. The van der Waals surface area contributed by atoms with Crippen molar-refractivity contribution in [3.63, 3.8) is 0 Å². The van der Waals surface area contributed by atoms with Crippen LogP contribution in [0.1, 0.15) is 0 Å². The minimum absolute atomic E-state index is 0.0822. The molecule has 1 unspecified atom stereocenters. The summed E-state index contributed by atoms with van der Waals surface area (Å²) in [6.07, 6.45) is -1.32. The zero-order chi connectivity index (χ0) is 17.3. The molecule has 1 N–H and O–H groups in total. The molecular weight excluding hydrogens is 379 g/mol. The second-order valence-electron chi connectivity index (χ2n) is 5.01. The van der Waals surface area contributed by atoms with Gasteiger partial charge in [-0.1, -0.05) is 17.7 Å². The van der Waals surface area contributed by atoms with E-state index in [2.05, 4.69) is 4.72 Å². The van der Waals surface area contributed by atoms with Crippen molar-refractivity contribution in [2.24, 2.45) is 0 Å². The number of rotatable bonds is 5. The van der Waals surface area contributed by atoms with Crippen LogP contribution in [-0.4, -0.2) is 33.7 Å². The number of ether oxygens (including phenoxy) is 1. The van der Waals surface area contributed by atoms with Gasteiger partial charge in [0.2, 0.25) is 10.0 Å². The van der Waals surface area contributed by atoms with E-state index in [4.69, 9.17) is 16.3 Å². The van der Waals surface area contributed by atoms with Crippen molar-refractivity contribution < 1.29 is 22.3 Å². The lowest BCUT2D eigenvalue weighted by atomic mass is 10.2. The number of carbonyl (C=O) groups excluding carboxylic acids is 1. The number of sulfonamides is 1. The molecule has 24 heavy (non-hydrogen) atoms. The molecule has 1 aliphatic heterocycles. The number of thiophene rings is 1. The molecule has 10 heteroatoms. The van der Waals surface area contributed by atoms with Crippen molar-refractivity contribution in [3.05, 3.63) is 46.6 Å². The first-order chi connectivity index (χ1) is 11.3.